The minimum atomic E-state index is -0.678. The molecule has 0 bridgehead atoms. The minimum Gasteiger partial charge on any atom is -0.326 e. The molecule has 0 radical (unpaired) electrons. The van der Waals surface area contributed by atoms with Crippen molar-refractivity contribution in [1.29, 1.82) is 0 Å². The molecule has 0 aliphatic carbocycles. The molecule has 1 aliphatic rings. The van der Waals surface area contributed by atoms with Crippen LogP contribution in [0.2, 0.25) is 0 Å². The van der Waals surface area contributed by atoms with Gasteiger partial charge in [-0.15, -0.1) is 0 Å². The standard InChI is InChI=1S/C12H15F2N3O/c1-16-4-5-17(12(16)18)7-11(15)9-3-2-8(13)6-10(9)14/h2-3,6,11H,4-5,7,15H2,1H3. The third-order valence-corrected chi connectivity index (χ3v) is 3.08. The van der Waals surface area contributed by atoms with E-state index >= 15 is 0 Å². The Balaban J connectivity index is 2.08. The number of carbonyl (C=O) groups is 1. The summed E-state index contributed by atoms with van der Waals surface area (Å²) >= 11 is 0. The van der Waals surface area contributed by atoms with Gasteiger partial charge in [-0.2, -0.15) is 0 Å². The molecule has 1 unspecified atom stereocenters. The molecule has 0 aromatic heterocycles. The highest BCUT2D eigenvalue weighted by Crippen LogP contribution is 2.19. The highest BCUT2D eigenvalue weighted by atomic mass is 19.1. The lowest BCUT2D eigenvalue weighted by molar-refractivity contribution is 0.196. The summed E-state index contributed by atoms with van der Waals surface area (Å²) in [6.45, 7) is 1.44. The summed E-state index contributed by atoms with van der Waals surface area (Å²) in [6, 6.07) is 2.51. The van der Waals surface area contributed by atoms with Crippen molar-refractivity contribution in [1.82, 2.24) is 9.80 Å². The van der Waals surface area contributed by atoms with Crippen LogP contribution in [0.25, 0.3) is 0 Å². The molecule has 4 nitrogen and oxygen atoms in total. The van der Waals surface area contributed by atoms with Crippen molar-refractivity contribution in [3.05, 3.63) is 35.4 Å². The first-order chi connectivity index (χ1) is 8.49. The van der Waals surface area contributed by atoms with Gasteiger partial charge in [-0.3, -0.25) is 0 Å². The number of likely N-dealkylation sites (N-methyl/N-ethyl adjacent to an activating group) is 1. The molecule has 6 heteroatoms. The molecule has 1 fully saturated rings. The van der Waals surface area contributed by atoms with Gasteiger partial charge in [0, 0.05) is 38.3 Å². The van der Waals surface area contributed by atoms with Gasteiger partial charge in [0.05, 0.1) is 6.04 Å². The second-order valence-corrected chi connectivity index (χ2v) is 4.42. The molecule has 1 aromatic carbocycles. The average molecular weight is 255 g/mol. The van der Waals surface area contributed by atoms with E-state index in [4.69, 9.17) is 5.73 Å². The first kappa shape index (κ1) is 12.8. The third kappa shape index (κ3) is 2.43. The number of nitrogens with zero attached hydrogens (tertiary/aromatic N) is 2. The minimum absolute atomic E-state index is 0.118. The molecule has 2 N–H and O–H groups in total. The van der Waals surface area contributed by atoms with E-state index in [1.807, 2.05) is 0 Å². The summed E-state index contributed by atoms with van der Waals surface area (Å²) in [4.78, 5) is 14.8. The first-order valence-electron chi connectivity index (χ1n) is 5.69. The van der Waals surface area contributed by atoms with Crippen LogP contribution < -0.4 is 5.73 Å². The number of halogens is 2. The lowest BCUT2D eigenvalue weighted by Gasteiger charge is -2.21. The molecule has 1 aromatic rings. The number of rotatable bonds is 3. The Morgan fingerprint density at radius 1 is 1.39 bits per heavy atom. The molecule has 0 saturated carbocycles. The maximum atomic E-state index is 13.5. The molecule has 0 spiro atoms. The van der Waals surface area contributed by atoms with Crippen LogP contribution in [-0.4, -0.2) is 42.5 Å². The molecule has 1 heterocycles. The van der Waals surface area contributed by atoms with Crippen LogP contribution in [0.1, 0.15) is 11.6 Å². The fourth-order valence-electron chi connectivity index (χ4n) is 2.01. The van der Waals surface area contributed by atoms with Gasteiger partial charge in [0.15, 0.2) is 0 Å². The van der Waals surface area contributed by atoms with Gasteiger partial charge in [0.2, 0.25) is 0 Å². The van der Waals surface area contributed by atoms with Gasteiger partial charge in [0.25, 0.3) is 0 Å². The summed E-state index contributed by atoms with van der Waals surface area (Å²) in [6.07, 6.45) is 0. The largest absolute Gasteiger partial charge is 0.326 e. The predicted molar refractivity (Wildman–Crippen MR) is 62.9 cm³/mol. The lowest BCUT2D eigenvalue weighted by Crippen LogP contribution is -2.35. The van der Waals surface area contributed by atoms with Gasteiger partial charge in [-0.25, -0.2) is 13.6 Å². The van der Waals surface area contributed by atoms with E-state index in [0.29, 0.717) is 13.1 Å². The van der Waals surface area contributed by atoms with Crippen molar-refractivity contribution in [3.63, 3.8) is 0 Å². The molecule has 2 amide bonds. The smallest absolute Gasteiger partial charge is 0.319 e. The highest BCUT2D eigenvalue weighted by molar-refractivity contribution is 5.76. The second-order valence-electron chi connectivity index (χ2n) is 4.42. The van der Waals surface area contributed by atoms with Crippen LogP contribution in [-0.2, 0) is 0 Å². The van der Waals surface area contributed by atoms with Crippen molar-refractivity contribution >= 4 is 6.03 Å². The summed E-state index contributed by atoms with van der Waals surface area (Å²) in [5.41, 5.74) is 6.08. The predicted octanol–water partition coefficient (Wildman–Crippen LogP) is 1.33. The van der Waals surface area contributed by atoms with E-state index in [-0.39, 0.29) is 18.1 Å². The van der Waals surface area contributed by atoms with Crippen molar-refractivity contribution in [3.8, 4) is 0 Å². The Hall–Kier alpha value is -1.69. The normalized spacial score (nSPS) is 17.4. The maximum Gasteiger partial charge on any atom is 0.319 e. The number of nitrogens with two attached hydrogens (primary N) is 1. The Bertz CT molecular complexity index is 467. The van der Waals surface area contributed by atoms with Crippen LogP contribution in [0.3, 0.4) is 0 Å². The number of hydrogen-bond acceptors (Lipinski definition) is 2. The summed E-state index contributed by atoms with van der Waals surface area (Å²) in [7, 11) is 1.70. The SMILES string of the molecule is CN1CCN(CC(N)c2ccc(F)cc2F)C1=O. The van der Waals surface area contributed by atoms with E-state index < -0.39 is 17.7 Å². The van der Waals surface area contributed by atoms with Gasteiger partial charge >= 0.3 is 6.03 Å². The number of amides is 2. The zero-order valence-corrected chi connectivity index (χ0v) is 10.1. The first-order valence-corrected chi connectivity index (χ1v) is 5.69. The molecule has 18 heavy (non-hydrogen) atoms. The molecular formula is C12H15F2N3O. The van der Waals surface area contributed by atoms with E-state index in [1.54, 1.807) is 16.8 Å². The van der Waals surface area contributed by atoms with Crippen molar-refractivity contribution in [2.24, 2.45) is 5.73 Å². The van der Waals surface area contributed by atoms with Crippen LogP contribution in [0.15, 0.2) is 18.2 Å². The summed E-state index contributed by atoms with van der Waals surface area (Å²) in [5, 5.41) is 0. The van der Waals surface area contributed by atoms with Crippen molar-refractivity contribution < 1.29 is 13.6 Å². The molecule has 98 valence electrons. The van der Waals surface area contributed by atoms with E-state index in [2.05, 4.69) is 0 Å². The number of benzene rings is 1. The monoisotopic (exact) mass is 255 g/mol. The Kier molecular flexibility index (Phi) is 3.47. The number of urea groups is 1. The molecule has 1 atom stereocenters. The molecule has 2 rings (SSSR count). The summed E-state index contributed by atoms with van der Waals surface area (Å²) < 4.78 is 26.3. The van der Waals surface area contributed by atoms with Crippen LogP contribution in [0.5, 0.6) is 0 Å². The van der Waals surface area contributed by atoms with E-state index in [0.717, 1.165) is 12.1 Å². The third-order valence-electron chi connectivity index (χ3n) is 3.08. The molecule has 1 aliphatic heterocycles. The van der Waals surface area contributed by atoms with Gasteiger partial charge < -0.3 is 15.5 Å². The quantitative estimate of drug-likeness (QED) is 0.886. The average Bonchev–Trinajstić information content (AvgIpc) is 2.61. The second kappa shape index (κ2) is 4.89. The Morgan fingerprint density at radius 2 is 2.11 bits per heavy atom. The topological polar surface area (TPSA) is 49.6 Å². The van der Waals surface area contributed by atoms with E-state index in [9.17, 15) is 13.6 Å². The summed E-state index contributed by atoms with van der Waals surface area (Å²) in [5.74, 6) is -1.32. The van der Waals surface area contributed by atoms with Crippen LogP contribution >= 0.6 is 0 Å². The molecular weight excluding hydrogens is 240 g/mol. The van der Waals surface area contributed by atoms with Gasteiger partial charge in [0.1, 0.15) is 11.6 Å². The van der Waals surface area contributed by atoms with Crippen molar-refractivity contribution in [2.75, 3.05) is 26.7 Å². The fraction of sp³-hybridized carbons (Fsp3) is 0.417. The highest BCUT2D eigenvalue weighted by Gasteiger charge is 2.27. The Labute approximate surface area is 104 Å². The Morgan fingerprint density at radius 3 is 2.67 bits per heavy atom. The zero-order chi connectivity index (χ0) is 13.3. The number of carbonyl (C=O) groups excluding carboxylic acids is 1. The maximum absolute atomic E-state index is 13.5. The van der Waals surface area contributed by atoms with Crippen LogP contribution in [0, 0.1) is 11.6 Å². The van der Waals surface area contributed by atoms with Gasteiger partial charge in [-0.1, -0.05) is 6.07 Å². The fourth-order valence-corrected chi connectivity index (χ4v) is 2.01. The molecule has 1 saturated heterocycles. The van der Waals surface area contributed by atoms with Crippen molar-refractivity contribution in [2.45, 2.75) is 6.04 Å². The zero-order valence-electron chi connectivity index (χ0n) is 10.1. The van der Waals surface area contributed by atoms with Gasteiger partial charge in [-0.05, 0) is 6.07 Å². The lowest BCUT2D eigenvalue weighted by atomic mass is 10.1. The number of hydrogen-bond donors (Lipinski definition) is 1. The van der Waals surface area contributed by atoms with E-state index in [1.165, 1.54) is 6.07 Å². The van der Waals surface area contributed by atoms with Crippen LogP contribution in [0.4, 0.5) is 13.6 Å².